The Hall–Kier alpha value is -2.07. The molecule has 4 rings (SSSR count). The molecule has 0 saturated carbocycles. The number of nitrogens with zero attached hydrogens (tertiary/aromatic N) is 1. The molecule has 0 bridgehead atoms. The highest BCUT2D eigenvalue weighted by Crippen LogP contribution is 2.50. The number of pyridine rings is 1. The summed E-state index contributed by atoms with van der Waals surface area (Å²) in [6.07, 6.45) is -3.36. The molecule has 1 saturated heterocycles. The van der Waals surface area contributed by atoms with Crippen molar-refractivity contribution < 1.29 is 30.4 Å². The smallest absolute Gasteiger partial charge is 0.312 e. The van der Waals surface area contributed by atoms with E-state index >= 15 is 0 Å². The summed E-state index contributed by atoms with van der Waals surface area (Å²) in [4.78, 5) is 3.49. The minimum Gasteiger partial charge on any atom is -0.312 e. The molecule has 162 valence electrons. The summed E-state index contributed by atoms with van der Waals surface area (Å²) in [7, 11) is -4.13. The summed E-state index contributed by atoms with van der Waals surface area (Å²) in [5.41, 5.74) is -3.92. The number of aryl methyl sites for hydroxylation is 1. The van der Waals surface area contributed by atoms with E-state index in [9.17, 15) is 30.4 Å². The molecule has 0 radical (unpaired) electrons. The van der Waals surface area contributed by atoms with Gasteiger partial charge in [-0.2, -0.15) is 13.2 Å². The number of aromatic nitrogens is 1. The first-order chi connectivity index (χ1) is 13.9. The van der Waals surface area contributed by atoms with Gasteiger partial charge in [-0.05, 0) is 68.1 Å². The third-order valence-corrected chi connectivity index (χ3v) is 8.74. The molecular weight excluding hydrogens is 427 g/mol. The third-order valence-electron chi connectivity index (χ3n) is 6.20. The van der Waals surface area contributed by atoms with Gasteiger partial charge in [-0.25, -0.2) is 17.2 Å². The van der Waals surface area contributed by atoms with Crippen LogP contribution in [0.15, 0.2) is 41.4 Å². The average molecular weight is 446 g/mol. The first-order valence-electron chi connectivity index (χ1n) is 9.40. The van der Waals surface area contributed by atoms with Crippen molar-refractivity contribution in [3.63, 3.8) is 0 Å². The van der Waals surface area contributed by atoms with Crippen molar-refractivity contribution in [3.8, 4) is 0 Å². The second-order valence-corrected chi connectivity index (χ2v) is 10.1. The predicted molar refractivity (Wildman–Crippen MR) is 98.7 cm³/mol. The van der Waals surface area contributed by atoms with Gasteiger partial charge in [0.25, 0.3) is 0 Å². The zero-order valence-corrected chi connectivity index (χ0v) is 16.7. The SMILES string of the molecule is CC(F)(c1cc2c(cn1)C1(S(=O)(=O)c3cccc(F)c3)CCNC1CC2)C(F)(F)F. The molecule has 1 aliphatic carbocycles. The molecule has 2 aliphatic rings. The molecule has 2 heterocycles. The summed E-state index contributed by atoms with van der Waals surface area (Å²) in [6.45, 7) is 0.757. The molecule has 30 heavy (non-hydrogen) atoms. The molecule has 2 aromatic rings. The van der Waals surface area contributed by atoms with E-state index in [-0.39, 0.29) is 23.3 Å². The number of fused-ring (bicyclic) bond motifs is 3. The number of nitrogens with one attached hydrogen (secondary N) is 1. The highest BCUT2D eigenvalue weighted by atomic mass is 32.2. The number of rotatable bonds is 3. The Morgan fingerprint density at radius 3 is 2.60 bits per heavy atom. The third kappa shape index (κ3) is 2.87. The summed E-state index contributed by atoms with van der Waals surface area (Å²) in [5, 5.41) is 3.15. The maximum atomic E-state index is 14.4. The first-order valence-corrected chi connectivity index (χ1v) is 10.9. The highest BCUT2D eigenvalue weighted by molar-refractivity contribution is 7.92. The van der Waals surface area contributed by atoms with E-state index in [0.717, 1.165) is 24.4 Å². The fourth-order valence-electron chi connectivity index (χ4n) is 4.53. The van der Waals surface area contributed by atoms with E-state index in [0.29, 0.717) is 25.5 Å². The van der Waals surface area contributed by atoms with E-state index in [1.165, 1.54) is 12.1 Å². The fourth-order valence-corrected chi connectivity index (χ4v) is 6.89. The Labute approximate surface area is 170 Å². The van der Waals surface area contributed by atoms with Crippen LogP contribution in [0, 0.1) is 5.82 Å². The van der Waals surface area contributed by atoms with Crippen molar-refractivity contribution in [1.29, 1.82) is 0 Å². The molecule has 0 amide bonds. The van der Waals surface area contributed by atoms with E-state index in [1.807, 2.05) is 0 Å². The molecule has 1 N–H and O–H groups in total. The van der Waals surface area contributed by atoms with Crippen molar-refractivity contribution >= 4 is 9.84 Å². The molecular formula is C20H19F5N2O2S. The van der Waals surface area contributed by atoms with Crippen LogP contribution < -0.4 is 5.32 Å². The monoisotopic (exact) mass is 446 g/mol. The van der Waals surface area contributed by atoms with Gasteiger partial charge in [-0.15, -0.1) is 0 Å². The highest BCUT2D eigenvalue weighted by Gasteiger charge is 2.59. The lowest BCUT2D eigenvalue weighted by molar-refractivity contribution is -0.230. The van der Waals surface area contributed by atoms with Crippen LogP contribution in [0.1, 0.15) is 36.6 Å². The second kappa shape index (κ2) is 6.71. The van der Waals surface area contributed by atoms with Crippen LogP contribution in [0.25, 0.3) is 0 Å². The van der Waals surface area contributed by atoms with Crippen molar-refractivity contribution in [3.05, 3.63) is 59.2 Å². The van der Waals surface area contributed by atoms with Gasteiger partial charge in [0, 0.05) is 12.2 Å². The van der Waals surface area contributed by atoms with E-state index in [1.54, 1.807) is 0 Å². The summed E-state index contributed by atoms with van der Waals surface area (Å²) in [5.74, 6) is -0.710. The van der Waals surface area contributed by atoms with Crippen LogP contribution in [-0.4, -0.2) is 32.2 Å². The van der Waals surface area contributed by atoms with Gasteiger partial charge in [-0.3, -0.25) is 4.98 Å². The molecule has 3 atom stereocenters. The number of hydrogen-bond acceptors (Lipinski definition) is 4. The van der Waals surface area contributed by atoms with Crippen LogP contribution in [0.5, 0.6) is 0 Å². The van der Waals surface area contributed by atoms with Crippen LogP contribution >= 0.6 is 0 Å². The Balaban J connectivity index is 1.90. The van der Waals surface area contributed by atoms with Gasteiger partial charge in [0.1, 0.15) is 10.6 Å². The lowest BCUT2D eigenvalue weighted by Gasteiger charge is -2.40. The van der Waals surface area contributed by atoms with Gasteiger partial charge in [-0.1, -0.05) is 6.07 Å². The summed E-state index contributed by atoms with van der Waals surface area (Å²) >= 11 is 0. The number of halogens is 5. The number of sulfone groups is 1. The van der Waals surface area contributed by atoms with Gasteiger partial charge in [0.15, 0.2) is 9.84 Å². The van der Waals surface area contributed by atoms with Crippen molar-refractivity contribution in [2.45, 2.75) is 53.7 Å². The molecule has 1 aromatic carbocycles. The standard InChI is InChI=1S/C20H19F5N2O2S/c1-18(22,20(23,24)25)17-9-12-5-6-16-19(7-8-26-16,15(12)11-27-17)30(28,29)14-4-2-3-13(21)10-14/h2-4,9-11,16,26H,5-8H2,1H3. The average Bonchev–Trinajstić information content (AvgIpc) is 3.12. The van der Waals surface area contributed by atoms with Crippen LogP contribution in [0.2, 0.25) is 0 Å². The van der Waals surface area contributed by atoms with Crippen molar-refractivity contribution in [1.82, 2.24) is 10.3 Å². The Morgan fingerprint density at radius 1 is 1.20 bits per heavy atom. The lowest BCUT2D eigenvalue weighted by Crippen LogP contribution is -2.50. The number of alkyl halides is 4. The molecule has 1 aromatic heterocycles. The first kappa shape index (κ1) is 21.2. The van der Waals surface area contributed by atoms with Crippen LogP contribution in [0.4, 0.5) is 22.0 Å². The number of hydrogen-bond donors (Lipinski definition) is 1. The molecule has 4 nitrogen and oxygen atoms in total. The lowest BCUT2D eigenvalue weighted by atomic mass is 9.79. The molecule has 1 aliphatic heterocycles. The second-order valence-electron chi connectivity index (χ2n) is 7.87. The van der Waals surface area contributed by atoms with Crippen LogP contribution in [0.3, 0.4) is 0 Å². The van der Waals surface area contributed by atoms with Gasteiger partial charge in [0.05, 0.1) is 10.6 Å². The minimum atomic E-state index is -5.16. The summed E-state index contributed by atoms with van der Waals surface area (Å²) in [6, 6.07) is 5.14. The van der Waals surface area contributed by atoms with Crippen molar-refractivity contribution in [2.24, 2.45) is 0 Å². The number of benzene rings is 1. The predicted octanol–water partition coefficient (Wildman–Crippen LogP) is 3.95. The quantitative estimate of drug-likeness (QED) is 0.726. The van der Waals surface area contributed by atoms with E-state index in [4.69, 9.17) is 0 Å². The topological polar surface area (TPSA) is 59.1 Å². The normalized spacial score (nSPS) is 26.0. The largest absolute Gasteiger partial charge is 0.428 e. The Bertz CT molecular complexity index is 1100. The molecule has 1 fully saturated rings. The van der Waals surface area contributed by atoms with Gasteiger partial charge < -0.3 is 5.32 Å². The summed E-state index contributed by atoms with van der Waals surface area (Å²) < 4.78 is 93.4. The molecule has 3 unspecified atom stereocenters. The maximum absolute atomic E-state index is 14.4. The van der Waals surface area contributed by atoms with E-state index < -0.39 is 44.0 Å². The maximum Gasteiger partial charge on any atom is 0.428 e. The zero-order chi connectivity index (χ0) is 21.9. The molecule has 10 heteroatoms. The minimum absolute atomic E-state index is 0.150. The van der Waals surface area contributed by atoms with Crippen LogP contribution in [-0.2, 0) is 26.7 Å². The van der Waals surface area contributed by atoms with E-state index in [2.05, 4.69) is 10.3 Å². The Morgan fingerprint density at radius 2 is 1.93 bits per heavy atom. The van der Waals surface area contributed by atoms with Crippen molar-refractivity contribution in [2.75, 3.05) is 6.54 Å². The fraction of sp³-hybridized carbons (Fsp3) is 0.450. The van der Waals surface area contributed by atoms with Gasteiger partial charge >= 0.3 is 6.18 Å². The Kier molecular flexibility index (Phi) is 4.74. The molecule has 0 spiro atoms. The zero-order valence-electron chi connectivity index (χ0n) is 15.9. The van der Waals surface area contributed by atoms with Gasteiger partial charge in [0.2, 0.25) is 5.67 Å².